The molecule has 3 amide bonds. The first-order valence-electron chi connectivity index (χ1n) is 11.8. The molecule has 3 aromatic carbocycles. The average molecular weight is 504 g/mol. The van der Waals surface area contributed by atoms with E-state index in [2.05, 4.69) is 16.0 Å². The summed E-state index contributed by atoms with van der Waals surface area (Å²) in [6.45, 7) is -0.557. The van der Waals surface area contributed by atoms with E-state index in [0.717, 1.165) is 16.7 Å². The van der Waals surface area contributed by atoms with Crippen LogP contribution < -0.4 is 16.0 Å². The fraction of sp³-hybridized carbons (Fsp3) is 0.214. The van der Waals surface area contributed by atoms with Crippen molar-refractivity contribution in [2.45, 2.75) is 31.5 Å². The van der Waals surface area contributed by atoms with E-state index in [1.165, 1.54) is 0 Å². The molecule has 0 aromatic heterocycles. The van der Waals surface area contributed by atoms with Crippen molar-refractivity contribution in [3.05, 3.63) is 108 Å². The van der Waals surface area contributed by atoms with Gasteiger partial charge in [-0.1, -0.05) is 91.0 Å². The molecule has 9 heteroatoms. The lowest BCUT2D eigenvalue weighted by Gasteiger charge is -2.23. The number of nitrogens with one attached hydrogen (secondary N) is 3. The van der Waals surface area contributed by atoms with E-state index >= 15 is 0 Å². The number of aliphatic carboxylic acids is 1. The van der Waals surface area contributed by atoms with Crippen LogP contribution in [0, 0.1) is 0 Å². The summed E-state index contributed by atoms with van der Waals surface area (Å²) >= 11 is 0. The molecule has 0 fully saturated rings. The molecule has 2 atom stereocenters. The van der Waals surface area contributed by atoms with Crippen molar-refractivity contribution in [3.63, 3.8) is 0 Å². The molecule has 192 valence electrons. The minimum absolute atomic E-state index is 0.0283. The normalized spacial score (nSPS) is 12.0. The second-order valence-corrected chi connectivity index (χ2v) is 8.31. The zero-order valence-electron chi connectivity index (χ0n) is 20.1. The van der Waals surface area contributed by atoms with Gasteiger partial charge in [0.05, 0.1) is 0 Å². The number of hydrogen-bond acceptors (Lipinski definition) is 5. The maximum absolute atomic E-state index is 13.3. The summed E-state index contributed by atoms with van der Waals surface area (Å²) in [5.41, 5.74) is 2.36. The Morgan fingerprint density at radius 2 is 1.11 bits per heavy atom. The van der Waals surface area contributed by atoms with Crippen LogP contribution in [-0.4, -0.2) is 47.6 Å². The zero-order chi connectivity index (χ0) is 26.5. The summed E-state index contributed by atoms with van der Waals surface area (Å²) in [4.78, 5) is 49.6. The van der Waals surface area contributed by atoms with E-state index in [4.69, 9.17) is 9.84 Å². The van der Waals surface area contributed by atoms with Gasteiger partial charge in [0, 0.05) is 12.8 Å². The summed E-state index contributed by atoms with van der Waals surface area (Å²) < 4.78 is 5.28. The molecule has 3 aromatic rings. The first-order chi connectivity index (χ1) is 17.9. The molecule has 0 aliphatic carbocycles. The van der Waals surface area contributed by atoms with Gasteiger partial charge >= 0.3 is 12.1 Å². The van der Waals surface area contributed by atoms with Crippen LogP contribution in [-0.2, 0) is 38.6 Å². The lowest BCUT2D eigenvalue weighted by atomic mass is 10.0. The van der Waals surface area contributed by atoms with Crippen LogP contribution >= 0.6 is 0 Å². The summed E-state index contributed by atoms with van der Waals surface area (Å²) in [7, 11) is 0. The second kappa shape index (κ2) is 14.0. The monoisotopic (exact) mass is 503 g/mol. The van der Waals surface area contributed by atoms with Crippen molar-refractivity contribution >= 4 is 23.9 Å². The summed E-state index contributed by atoms with van der Waals surface area (Å²) in [6.07, 6.45) is -0.494. The molecule has 0 bridgehead atoms. The van der Waals surface area contributed by atoms with Crippen molar-refractivity contribution in [2.75, 3.05) is 6.54 Å². The SMILES string of the molecule is O=C(O)CNC(=O)C(Cc1ccccc1)NC(=O)C(Cc1ccccc1)NC(=O)OCc1ccccc1. The van der Waals surface area contributed by atoms with E-state index < -0.39 is 42.5 Å². The van der Waals surface area contributed by atoms with Crippen molar-refractivity contribution in [1.29, 1.82) is 0 Å². The van der Waals surface area contributed by atoms with Gasteiger partial charge in [0.25, 0.3) is 0 Å². The highest BCUT2D eigenvalue weighted by atomic mass is 16.5. The van der Waals surface area contributed by atoms with E-state index in [0.29, 0.717) is 0 Å². The zero-order valence-corrected chi connectivity index (χ0v) is 20.1. The first kappa shape index (κ1) is 26.9. The second-order valence-electron chi connectivity index (χ2n) is 8.31. The number of carbonyl (C=O) groups excluding carboxylic acids is 3. The highest BCUT2D eigenvalue weighted by Crippen LogP contribution is 2.08. The van der Waals surface area contributed by atoms with Crippen LogP contribution in [0.4, 0.5) is 4.79 Å². The number of amides is 3. The Labute approximate surface area is 214 Å². The van der Waals surface area contributed by atoms with E-state index in [9.17, 15) is 19.2 Å². The minimum atomic E-state index is -1.21. The molecule has 0 radical (unpaired) electrons. The summed E-state index contributed by atoms with van der Waals surface area (Å²) in [5.74, 6) is -2.46. The van der Waals surface area contributed by atoms with Crippen LogP contribution in [0.5, 0.6) is 0 Å². The van der Waals surface area contributed by atoms with E-state index in [1.54, 1.807) is 24.3 Å². The largest absolute Gasteiger partial charge is 0.480 e. The number of carboxylic acid groups (broad SMARTS) is 1. The van der Waals surface area contributed by atoms with Crippen LogP contribution in [0.15, 0.2) is 91.0 Å². The molecular weight excluding hydrogens is 474 g/mol. The van der Waals surface area contributed by atoms with Crippen LogP contribution in [0.1, 0.15) is 16.7 Å². The molecule has 37 heavy (non-hydrogen) atoms. The lowest BCUT2D eigenvalue weighted by Crippen LogP contribution is -2.55. The fourth-order valence-corrected chi connectivity index (χ4v) is 3.58. The summed E-state index contributed by atoms with van der Waals surface area (Å²) in [5, 5.41) is 16.5. The topological polar surface area (TPSA) is 134 Å². The third-order valence-corrected chi connectivity index (χ3v) is 5.43. The van der Waals surface area contributed by atoms with Crippen molar-refractivity contribution in [2.24, 2.45) is 0 Å². The number of carbonyl (C=O) groups is 4. The molecule has 4 N–H and O–H groups in total. The number of benzene rings is 3. The maximum Gasteiger partial charge on any atom is 0.408 e. The Bertz CT molecular complexity index is 1170. The molecule has 0 aliphatic heterocycles. The third kappa shape index (κ3) is 9.48. The smallest absolute Gasteiger partial charge is 0.408 e. The quantitative estimate of drug-likeness (QED) is 0.300. The molecule has 9 nitrogen and oxygen atoms in total. The highest BCUT2D eigenvalue weighted by molar-refractivity contribution is 5.92. The predicted octanol–water partition coefficient (Wildman–Crippen LogP) is 2.45. The Morgan fingerprint density at radius 1 is 0.649 bits per heavy atom. The van der Waals surface area contributed by atoms with Gasteiger partial charge in [-0.25, -0.2) is 4.79 Å². The van der Waals surface area contributed by atoms with E-state index in [1.807, 2.05) is 66.7 Å². The van der Waals surface area contributed by atoms with Crippen LogP contribution in [0.25, 0.3) is 0 Å². The molecule has 2 unspecified atom stereocenters. The average Bonchev–Trinajstić information content (AvgIpc) is 2.91. The molecule has 0 saturated carbocycles. The summed E-state index contributed by atoms with van der Waals surface area (Å²) in [6, 6.07) is 25.1. The first-order valence-corrected chi connectivity index (χ1v) is 11.8. The highest BCUT2D eigenvalue weighted by Gasteiger charge is 2.28. The van der Waals surface area contributed by atoms with E-state index in [-0.39, 0.29) is 19.4 Å². The maximum atomic E-state index is 13.3. The molecule has 0 spiro atoms. The molecule has 0 saturated heterocycles. The Balaban J connectivity index is 1.73. The molecular formula is C28H29N3O6. The van der Waals surface area contributed by atoms with Crippen LogP contribution in [0.2, 0.25) is 0 Å². The number of hydrogen-bond donors (Lipinski definition) is 4. The predicted molar refractivity (Wildman–Crippen MR) is 136 cm³/mol. The van der Waals surface area contributed by atoms with Gasteiger partial charge in [-0.3, -0.25) is 14.4 Å². The lowest BCUT2D eigenvalue weighted by molar-refractivity contribution is -0.138. The number of alkyl carbamates (subject to hydrolysis) is 1. The van der Waals surface area contributed by atoms with Crippen LogP contribution in [0.3, 0.4) is 0 Å². The molecule has 0 heterocycles. The Morgan fingerprint density at radius 3 is 1.59 bits per heavy atom. The van der Waals surface area contributed by atoms with Gasteiger partial charge in [-0.05, 0) is 16.7 Å². The van der Waals surface area contributed by atoms with Gasteiger partial charge in [0.2, 0.25) is 11.8 Å². The fourth-order valence-electron chi connectivity index (χ4n) is 3.58. The Hall–Kier alpha value is -4.66. The number of carboxylic acids is 1. The van der Waals surface area contributed by atoms with Crippen molar-refractivity contribution in [1.82, 2.24) is 16.0 Å². The number of ether oxygens (including phenoxy) is 1. The van der Waals surface area contributed by atoms with Crippen molar-refractivity contribution < 1.29 is 29.0 Å². The third-order valence-electron chi connectivity index (χ3n) is 5.43. The van der Waals surface area contributed by atoms with Gasteiger partial charge in [0.1, 0.15) is 25.2 Å². The minimum Gasteiger partial charge on any atom is -0.480 e. The standard InChI is InChI=1S/C28H29N3O6/c32-25(33)18-29-26(34)23(16-20-10-4-1-5-11-20)30-27(35)24(17-21-12-6-2-7-13-21)31-28(36)37-19-22-14-8-3-9-15-22/h1-15,23-24H,16-19H2,(H,29,34)(H,30,35)(H,31,36)(H,32,33). The molecule has 0 aliphatic rings. The molecule has 3 rings (SSSR count). The Kier molecular flexibility index (Phi) is 10.2. The van der Waals surface area contributed by atoms with Crippen molar-refractivity contribution in [3.8, 4) is 0 Å². The van der Waals surface area contributed by atoms with Gasteiger partial charge in [0.15, 0.2) is 0 Å². The van der Waals surface area contributed by atoms with Gasteiger partial charge < -0.3 is 25.8 Å². The number of rotatable bonds is 12. The van der Waals surface area contributed by atoms with Gasteiger partial charge in [-0.15, -0.1) is 0 Å². The van der Waals surface area contributed by atoms with Gasteiger partial charge in [-0.2, -0.15) is 0 Å².